The highest BCUT2D eigenvalue weighted by molar-refractivity contribution is 6.15. The summed E-state index contributed by atoms with van der Waals surface area (Å²) in [6.45, 7) is 4.73. The van der Waals surface area contributed by atoms with Crippen molar-refractivity contribution in [2.75, 3.05) is 9.80 Å². The number of anilines is 6. The van der Waals surface area contributed by atoms with Crippen LogP contribution in [0.4, 0.5) is 34.4 Å². The van der Waals surface area contributed by atoms with E-state index < -0.39 is 0 Å². The molecule has 49 heavy (non-hydrogen) atoms. The van der Waals surface area contributed by atoms with E-state index in [0.29, 0.717) is 5.95 Å². The van der Waals surface area contributed by atoms with Crippen LogP contribution in [0.5, 0.6) is 0 Å². The van der Waals surface area contributed by atoms with Crippen molar-refractivity contribution in [2.24, 2.45) is 0 Å². The van der Waals surface area contributed by atoms with Crippen molar-refractivity contribution in [3.8, 4) is 22.4 Å². The van der Waals surface area contributed by atoms with Crippen LogP contribution in [0.25, 0.3) is 44.1 Å². The summed E-state index contributed by atoms with van der Waals surface area (Å²) in [7, 11) is 0. The van der Waals surface area contributed by atoms with Gasteiger partial charge in [0.15, 0.2) is 0 Å². The molecule has 0 amide bonds. The van der Waals surface area contributed by atoms with Crippen molar-refractivity contribution < 1.29 is 0 Å². The second-order valence-corrected chi connectivity index (χ2v) is 13.4. The quantitative estimate of drug-likeness (QED) is 0.195. The highest BCUT2D eigenvalue weighted by Gasteiger charge is 2.43. The first-order valence-electron chi connectivity index (χ1n) is 16.9. The molecule has 0 unspecified atom stereocenters. The zero-order chi connectivity index (χ0) is 32.7. The van der Waals surface area contributed by atoms with Gasteiger partial charge < -0.3 is 4.90 Å². The molecule has 0 fully saturated rings. The van der Waals surface area contributed by atoms with E-state index in [9.17, 15) is 0 Å². The number of fused-ring (bicyclic) bond motifs is 6. The van der Waals surface area contributed by atoms with Crippen molar-refractivity contribution in [3.63, 3.8) is 0 Å². The molecule has 2 aliphatic heterocycles. The Morgan fingerprint density at radius 1 is 0.510 bits per heavy atom. The Morgan fingerprint density at radius 3 is 2.04 bits per heavy atom. The van der Waals surface area contributed by atoms with E-state index in [1.807, 2.05) is 0 Å². The van der Waals surface area contributed by atoms with Crippen molar-refractivity contribution in [1.82, 2.24) is 9.97 Å². The van der Waals surface area contributed by atoms with Gasteiger partial charge in [-0.05, 0) is 52.9 Å². The van der Waals surface area contributed by atoms with Crippen molar-refractivity contribution in [2.45, 2.75) is 19.3 Å². The average molecular weight is 629 g/mol. The van der Waals surface area contributed by atoms with Crippen LogP contribution in [0.1, 0.15) is 25.0 Å². The van der Waals surface area contributed by atoms with Gasteiger partial charge in [-0.1, -0.05) is 135 Å². The van der Waals surface area contributed by atoms with E-state index in [0.717, 1.165) is 44.9 Å². The smallest absolute Gasteiger partial charge is 0.235 e. The minimum atomic E-state index is -0.347. The number of rotatable bonds is 3. The average Bonchev–Trinajstić information content (AvgIpc) is 3.15. The number of para-hydroxylation sites is 3. The third-order valence-corrected chi connectivity index (χ3v) is 10.3. The monoisotopic (exact) mass is 628 g/mol. The number of benzene rings is 7. The Labute approximate surface area is 285 Å². The SMILES string of the molecule is CC1(C)c2ccccc2N(c2ccccc2)c2ccc3c(c21)N(c1nc(-c2ccccc2)c2ccccc2n1)c1cccc2cccc-3c12. The number of aromatic nitrogens is 2. The molecule has 1 aromatic heterocycles. The van der Waals surface area contributed by atoms with Gasteiger partial charge in [0.1, 0.15) is 0 Å². The molecular formula is C45H32N4. The second-order valence-electron chi connectivity index (χ2n) is 13.4. The topological polar surface area (TPSA) is 32.3 Å². The lowest BCUT2D eigenvalue weighted by Gasteiger charge is -2.45. The molecule has 2 aliphatic rings. The first kappa shape index (κ1) is 27.8. The van der Waals surface area contributed by atoms with Gasteiger partial charge in [0.2, 0.25) is 5.95 Å². The first-order chi connectivity index (χ1) is 24.1. The summed E-state index contributed by atoms with van der Waals surface area (Å²) in [4.78, 5) is 15.6. The third-order valence-electron chi connectivity index (χ3n) is 10.3. The van der Waals surface area contributed by atoms with Crippen LogP contribution in [0.15, 0.2) is 158 Å². The summed E-state index contributed by atoms with van der Waals surface area (Å²) in [5, 5.41) is 3.44. The van der Waals surface area contributed by atoms with E-state index in [-0.39, 0.29) is 5.41 Å². The van der Waals surface area contributed by atoms with Crippen LogP contribution in [0.2, 0.25) is 0 Å². The fourth-order valence-electron chi connectivity index (χ4n) is 8.19. The summed E-state index contributed by atoms with van der Waals surface area (Å²) >= 11 is 0. The van der Waals surface area contributed by atoms with Gasteiger partial charge in [0.25, 0.3) is 0 Å². The zero-order valence-corrected chi connectivity index (χ0v) is 27.3. The Kier molecular flexibility index (Phi) is 5.89. The van der Waals surface area contributed by atoms with Gasteiger partial charge in [-0.3, -0.25) is 4.90 Å². The molecule has 0 bridgehead atoms. The van der Waals surface area contributed by atoms with Crippen LogP contribution in [-0.2, 0) is 5.41 Å². The van der Waals surface area contributed by atoms with Gasteiger partial charge in [-0.15, -0.1) is 0 Å². The predicted molar refractivity (Wildman–Crippen MR) is 203 cm³/mol. The molecule has 0 aliphatic carbocycles. The van der Waals surface area contributed by atoms with Crippen molar-refractivity contribution >= 4 is 56.1 Å². The Bertz CT molecular complexity index is 2590. The lowest BCUT2D eigenvalue weighted by molar-refractivity contribution is 0.632. The molecule has 7 aromatic carbocycles. The lowest BCUT2D eigenvalue weighted by atomic mass is 9.71. The van der Waals surface area contributed by atoms with Gasteiger partial charge >= 0.3 is 0 Å². The van der Waals surface area contributed by atoms with Crippen molar-refractivity contribution in [3.05, 3.63) is 169 Å². The maximum absolute atomic E-state index is 5.47. The van der Waals surface area contributed by atoms with E-state index in [1.165, 1.54) is 38.7 Å². The highest BCUT2D eigenvalue weighted by atomic mass is 15.3. The Balaban J connectivity index is 1.35. The minimum absolute atomic E-state index is 0.347. The Morgan fingerprint density at radius 2 is 1.20 bits per heavy atom. The normalized spacial score (nSPS) is 14.0. The summed E-state index contributed by atoms with van der Waals surface area (Å²) in [6.07, 6.45) is 0. The van der Waals surface area contributed by atoms with Crippen molar-refractivity contribution in [1.29, 1.82) is 0 Å². The van der Waals surface area contributed by atoms with Gasteiger partial charge in [0, 0.05) is 38.6 Å². The summed E-state index contributed by atoms with van der Waals surface area (Å²) in [5.74, 6) is 0.662. The van der Waals surface area contributed by atoms with E-state index in [1.54, 1.807) is 0 Å². The third kappa shape index (κ3) is 3.98. The van der Waals surface area contributed by atoms with Gasteiger partial charge in [0.05, 0.1) is 34.0 Å². The summed E-state index contributed by atoms with van der Waals surface area (Å²) in [5.41, 5.74) is 13.2. The van der Waals surface area contributed by atoms with E-state index in [2.05, 4.69) is 181 Å². The largest absolute Gasteiger partial charge is 0.310 e. The standard InChI is InChI=1S/C45H32N4/c1-45(2)35-23-10-12-25-37(35)48(31-19-7-4-8-20-31)39-28-27-33-32-22-13-17-29-18-14-26-38(40(29)32)49(43(33)41(39)45)44-46-36-24-11-9-21-34(36)42(47-44)30-15-5-3-6-16-30/h3-28H,1-2H3. The molecule has 0 atom stereocenters. The van der Waals surface area contributed by atoms with Crippen LogP contribution in [0.3, 0.4) is 0 Å². The van der Waals surface area contributed by atoms with E-state index in [4.69, 9.17) is 9.97 Å². The Hall–Kier alpha value is -6.26. The number of nitrogens with zero attached hydrogens (tertiary/aromatic N) is 4. The molecule has 4 heteroatoms. The van der Waals surface area contributed by atoms with Crippen LogP contribution < -0.4 is 9.80 Å². The first-order valence-corrected chi connectivity index (χ1v) is 16.9. The van der Waals surface area contributed by atoms with Gasteiger partial charge in [-0.2, -0.15) is 0 Å². The number of hydrogen-bond acceptors (Lipinski definition) is 4. The number of hydrogen-bond donors (Lipinski definition) is 0. The van der Waals surface area contributed by atoms with Crippen LogP contribution in [-0.4, -0.2) is 9.97 Å². The summed E-state index contributed by atoms with van der Waals surface area (Å²) in [6, 6.07) is 56.3. The second kappa shape index (κ2) is 10.4. The molecule has 232 valence electrons. The van der Waals surface area contributed by atoms with Crippen LogP contribution in [0, 0.1) is 0 Å². The van der Waals surface area contributed by atoms with E-state index >= 15 is 0 Å². The highest BCUT2D eigenvalue weighted by Crippen LogP contribution is 2.60. The predicted octanol–water partition coefficient (Wildman–Crippen LogP) is 12.0. The molecule has 4 nitrogen and oxygen atoms in total. The maximum Gasteiger partial charge on any atom is 0.235 e. The molecule has 8 aromatic rings. The van der Waals surface area contributed by atoms with Crippen LogP contribution >= 0.6 is 0 Å². The molecule has 0 saturated heterocycles. The fourth-order valence-corrected chi connectivity index (χ4v) is 8.19. The molecule has 0 spiro atoms. The lowest BCUT2D eigenvalue weighted by Crippen LogP contribution is -2.33. The molecule has 10 rings (SSSR count). The molecular weight excluding hydrogens is 597 g/mol. The van der Waals surface area contributed by atoms with Gasteiger partial charge in [-0.25, -0.2) is 9.97 Å². The molecule has 0 radical (unpaired) electrons. The summed E-state index contributed by atoms with van der Waals surface area (Å²) < 4.78 is 0. The molecule has 0 N–H and O–H groups in total. The fraction of sp³-hybridized carbons (Fsp3) is 0.0667. The molecule has 3 heterocycles. The minimum Gasteiger partial charge on any atom is -0.310 e. The zero-order valence-electron chi connectivity index (χ0n) is 27.3. The maximum atomic E-state index is 5.47. The molecule has 0 saturated carbocycles.